The third-order valence-electron chi connectivity index (χ3n) is 3.76. The second-order valence-corrected chi connectivity index (χ2v) is 6.25. The Morgan fingerprint density at radius 1 is 1.41 bits per heavy atom. The molecule has 0 spiro atoms. The molecular weight excluding hydrogens is 325 g/mol. The number of amidine groups is 1. The van der Waals surface area contributed by atoms with Gasteiger partial charge in [0.05, 0.1) is 0 Å². The fourth-order valence-corrected chi connectivity index (χ4v) is 3.64. The fourth-order valence-electron chi connectivity index (χ4n) is 2.40. The average Bonchev–Trinajstić information content (AvgIpc) is 2.86. The summed E-state index contributed by atoms with van der Waals surface area (Å²) in [7, 11) is 2.67. The maximum Gasteiger partial charge on any atom is 0.417 e. The van der Waals surface area contributed by atoms with Gasteiger partial charge < -0.3 is 24.6 Å². The number of ether oxygens (including phenoxy) is 2. The molecule has 0 radical (unpaired) electrons. The number of hydrogen-bond donors (Lipinski definition) is 2. The number of aliphatic hydroxyl groups is 2. The number of aliphatic imine (C=N–C) groups is 1. The summed E-state index contributed by atoms with van der Waals surface area (Å²) in [6.45, 7) is 2.54. The molecule has 6 atom stereocenters. The van der Waals surface area contributed by atoms with Gasteiger partial charge in [-0.1, -0.05) is 11.8 Å². The average molecular weight is 344 g/mol. The highest BCUT2D eigenvalue weighted by atomic mass is 32.2. The van der Waals surface area contributed by atoms with E-state index in [4.69, 9.17) is 4.74 Å². The number of alkyl halides is 3. The molecule has 0 saturated carbocycles. The van der Waals surface area contributed by atoms with E-state index in [0.717, 1.165) is 18.9 Å². The third-order valence-corrected chi connectivity index (χ3v) is 5.01. The Kier molecular flexibility index (Phi) is 5.27. The van der Waals surface area contributed by atoms with Crippen molar-refractivity contribution in [3.63, 3.8) is 0 Å². The Morgan fingerprint density at radius 2 is 2.05 bits per heavy atom. The summed E-state index contributed by atoms with van der Waals surface area (Å²) in [6.07, 6.45) is -11.9. The number of rotatable bonds is 3. The van der Waals surface area contributed by atoms with E-state index in [1.54, 1.807) is 11.9 Å². The molecule has 1 fully saturated rings. The number of fused-ring (bicyclic) bond motifs is 1. The minimum atomic E-state index is -4.71. The first-order valence-corrected chi connectivity index (χ1v) is 7.65. The molecule has 2 N–H and O–H groups in total. The first-order chi connectivity index (χ1) is 10.2. The molecule has 0 aromatic carbocycles. The number of halogens is 3. The summed E-state index contributed by atoms with van der Waals surface area (Å²) < 4.78 is 48.7. The molecule has 2 heterocycles. The largest absolute Gasteiger partial charge is 0.417 e. The zero-order valence-electron chi connectivity index (χ0n) is 12.3. The van der Waals surface area contributed by atoms with E-state index in [9.17, 15) is 23.4 Å². The molecule has 2 aliphatic heterocycles. The summed E-state index contributed by atoms with van der Waals surface area (Å²) in [5.41, 5.74) is -0.785. The van der Waals surface area contributed by atoms with Gasteiger partial charge in [0.15, 0.2) is 11.3 Å². The summed E-state index contributed by atoms with van der Waals surface area (Å²) in [5, 5.41) is 20.7. The molecule has 2 rings (SSSR count). The van der Waals surface area contributed by atoms with Crippen molar-refractivity contribution in [3.05, 3.63) is 0 Å². The van der Waals surface area contributed by atoms with Crippen LogP contribution in [0.5, 0.6) is 0 Å². The molecule has 0 aromatic heterocycles. The van der Waals surface area contributed by atoms with Crippen LogP contribution in [0.15, 0.2) is 4.99 Å². The minimum Gasteiger partial charge on any atom is -0.388 e. The molecule has 128 valence electrons. The molecule has 0 aliphatic carbocycles. The Balaban J connectivity index is 2.19. The van der Waals surface area contributed by atoms with E-state index in [1.807, 2.05) is 6.92 Å². The van der Waals surface area contributed by atoms with E-state index in [1.165, 1.54) is 0 Å². The Bertz CT molecular complexity index is 437. The van der Waals surface area contributed by atoms with Gasteiger partial charge in [-0.3, -0.25) is 4.99 Å². The summed E-state index contributed by atoms with van der Waals surface area (Å²) >= 11 is 1.14. The Hall–Kier alpha value is -0.550. The quantitative estimate of drug-likeness (QED) is 0.774. The smallest absolute Gasteiger partial charge is 0.388 e. The van der Waals surface area contributed by atoms with Gasteiger partial charge in [0.25, 0.3) is 0 Å². The van der Waals surface area contributed by atoms with E-state index in [-0.39, 0.29) is 0 Å². The second-order valence-electron chi connectivity index (χ2n) is 5.18. The van der Waals surface area contributed by atoms with Crippen molar-refractivity contribution < 1.29 is 32.9 Å². The van der Waals surface area contributed by atoms with Gasteiger partial charge in [0, 0.05) is 20.7 Å². The van der Waals surface area contributed by atoms with Gasteiger partial charge in [-0.25, -0.2) is 0 Å². The van der Waals surface area contributed by atoms with Crippen LogP contribution in [-0.4, -0.2) is 83.1 Å². The summed E-state index contributed by atoms with van der Waals surface area (Å²) in [4.78, 5) is 6.03. The number of aliphatic hydroxyl groups excluding tert-OH is 2. The van der Waals surface area contributed by atoms with E-state index >= 15 is 0 Å². The summed E-state index contributed by atoms with van der Waals surface area (Å²) in [5.74, 6) is 0. The number of nitrogens with zero attached hydrogens (tertiary/aromatic N) is 2. The van der Waals surface area contributed by atoms with Crippen LogP contribution in [-0.2, 0) is 9.47 Å². The molecule has 22 heavy (non-hydrogen) atoms. The van der Waals surface area contributed by atoms with Gasteiger partial charge in [-0.05, 0) is 6.92 Å². The van der Waals surface area contributed by atoms with Crippen LogP contribution in [0.25, 0.3) is 0 Å². The first kappa shape index (κ1) is 17.8. The first-order valence-electron chi connectivity index (χ1n) is 6.77. The maximum absolute atomic E-state index is 13.0. The number of methoxy groups -OCH3 is 1. The molecule has 0 amide bonds. The fraction of sp³-hybridized carbons (Fsp3) is 0.917. The highest BCUT2D eigenvalue weighted by molar-refractivity contribution is 8.14. The minimum absolute atomic E-state index is 0.561. The van der Waals surface area contributed by atoms with Crippen molar-refractivity contribution in [2.24, 2.45) is 4.99 Å². The zero-order chi connectivity index (χ0) is 16.7. The third kappa shape index (κ3) is 3.21. The molecule has 0 bridgehead atoms. The zero-order valence-corrected chi connectivity index (χ0v) is 13.1. The van der Waals surface area contributed by atoms with Gasteiger partial charge in [-0.2, -0.15) is 13.2 Å². The maximum atomic E-state index is 13.0. The lowest BCUT2D eigenvalue weighted by Crippen LogP contribution is -2.61. The predicted octanol–water partition coefficient (Wildman–Crippen LogP) is 0.433. The van der Waals surface area contributed by atoms with Crippen molar-refractivity contribution in [1.82, 2.24) is 4.90 Å². The Labute approximate surface area is 130 Å². The van der Waals surface area contributed by atoms with Crippen molar-refractivity contribution in [2.45, 2.75) is 49.0 Å². The monoisotopic (exact) mass is 344 g/mol. The van der Waals surface area contributed by atoms with Crippen LogP contribution in [0, 0.1) is 0 Å². The van der Waals surface area contributed by atoms with Crippen molar-refractivity contribution >= 4 is 16.9 Å². The van der Waals surface area contributed by atoms with Gasteiger partial charge >= 0.3 is 6.18 Å². The lowest BCUT2D eigenvalue weighted by molar-refractivity contribution is -0.278. The van der Waals surface area contributed by atoms with Gasteiger partial charge in [0.2, 0.25) is 0 Å². The van der Waals surface area contributed by atoms with Crippen LogP contribution in [0.2, 0.25) is 0 Å². The highest BCUT2D eigenvalue weighted by Gasteiger charge is 2.56. The normalized spacial score (nSPS) is 36.7. The van der Waals surface area contributed by atoms with Crippen molar-refractivity contribution in [1.29, 1.82) is 0 Å². The van der Waals surface area contributed by atoms with Gasteiger partial charge in [0.1, 0.15) is 29.8 Å². The lowest BCUT2D eigenvalue weighted by Gasteiger charge is -2.41. The topological polar surface area (TPSA) is 74.5 Å². The van der Waals surface area contributed by atoms with E-state index < -0.39 is 42.1 Å². The predicted molar refractivity (Wildman–Crippen MR) is 74.6 cm³/mol. The van der Waals surface area contributed by atoms with Crippen molar-refractivity contribution in [3.8, 4) is 0 Å². The standard InChI is InChI=1S/C12H19F3N2O4S/c1-4-17(2)11-16-5-6(18)7(19)8(21-10(5)22-11)9(20-3)12(13,14)15/h5-10,18-19H,4H2,1-3H3. The lowest BCUT2D eigenvalue weighted by atomic mass is 9.94. The highest BCUT2D eigenvalue weighted by Crippen LogP contribution is 2.40. The number of hydrogen-bond acceptors (Lipinski definition) is 7. The molecular formula is C12H19F3N2O4S. The van der Waals surface area contributed by atoms with E-state index in [0.29, 0.717) is 11.7 Å². The Morgan fingerprint density at radius 3 is 2.55 bits per heavy atom. The summed E-state index contributed by atoms with van der Waals surface area (Å²) in [6, 6.07) is -0.800. The molecule has 0 aromatic rings. The molecule has 1 saturated heterocycles. The van der Waals surface area contributed by atoms with Gasteiger partial charge in [-0.15, -0.1) is 0 Å². The molecule has 10 heteroatoms. The molecule has 6 nitrogen and oxygen atoms in total. The second kappa shape index (κ2) is 6.52. The number of thioether (sulfide) groups is 1. The van der Waals surface area contributed by atoms with Crippen LogP contribution in [0.4, 0.5) is 13.2 Å². The van der Waals surface area contributed by atoms with Crippen LogP contribution >= 0.6 is 11.8 Å². The molecule has 2 aliphatic rings. The van der Waals surface area contributed by atoms with Crippen molar-refractivity contribution in [2.75, 3.05) is 20.7 Å². The molecule has 6 unspecified atom stereocenters. The van der Waals surface area contributed by atoms with E-state index in [2.05, 4.69) is 9.73 Å². The van der Waals surface area contributed by atoms with Crippen LogP contribution in [0.3, 0.4) is 0 Å². The van der Waals surface area contributed by atoms with Crippen LogP contribution in [0.1, 0.15) is 6.92 Å². The SMILES string of the molecule is CCN(C)C1=NC2C(OC(C(OC)C(F)(F)F)C(O)C2O)S1. The van der Waals surface area contributed by atoms with Crippen LogP contribution < -0.4 is 0 Å².